The second kappa shape index (κ2) is 5.96. The number of hydrogen-bond donors (Lipinski definition) is 0. The number of hydrogen-bond acceptors (Lipinski definition) is 4. The van der Waals surface area contributed by atoms with Crippen molar-refractivity contribution in [2.24, 2.45) is 0 Å². The summed E-state index contributed by atoms with van der Waals surface area (Å²) in [5.74, 6) is 0.149. The third-order valence-corrected chi connectivity index (χ3v) is 4.29. The van der Waals surface area contributed by atoms with E-state index in [1.54, 1.807) is 4.90 Å². The van der Waals surface area contributed by atoms with Gasteiger partial charge < -0.3 is 4.74 Å². The van der Waals surface area contributed by atoms with Crippen LogP contribution in [0.1, 0.15) is 32.8 Å². The molecule has 1 aromatic carbocycles. The molecule has 2 aliphatic rings. The molecule has 2 atom stereocenters. The zero-order valence-electron chi connectivity index (χ0n) is 14.0. The number of ketones is 1. The maximum atomic E-state index is 12.4. The fourth-order valence-electron chi connectivity index (χ4n) is 3.40. The third kappa shape index (κ3) is 3.55. The summed E-state index contributed by atoms with van der Waals surface area (Å²) in [5, 5.41) is 0. The van der Waals surface area contributed by atoms with Crippen LogP contribution in [0.25, 0.3) is 0 Å². The Morgan fingerprint density at radius 1 is 1.22 bits per heavy atom. The summed E-state index contributed by atoms with van der Waals surface area (Å²) < 4.78 is 5.48. The highest BCUT2D eigenvalue weighted by atomic mass is 16.6. The molecule has 2 bridgehead atoms. The van der Waals surface area contributed by atoms with Gasteiger partial charge in [-0.05, 0) is 26.3 Å². The topological polar surface area (TPSA) is 49.9 Å². The number of fused-ring (bicyclic) bond motifs is 2. The number of rotatable bonds is 2. The molecule has 0 spiro atoms. The van der Waals surface area contributed by atoms with Crippen molar-refractivity contribution < 1.29 is 14.3 Å². The number of piperazine rings is 1. The van der Waals surface area contributed by atoms with E-state index < -0.39 is 5.60 Å². The summed E-state index contributed by atoms with van der Waals surface area (Å²) in [6.45, 7) is 7.66. The van der Waals surface area contributed by atoms with E-state index in [2.05, 4.69) is 17.0 Å². The SMILES string of the molecule is CC(C)(C)OC(=O)N1C2CN(Cc3ccccc3)C[C@H]1CC2=O. The molecule has 1 amide bonds. The predicted octanol–water partition coefficient (Wildman–Crippen LogP) is 2.45. The highest BCUT2D eigenvalue weighted by Gasteiger charge is 2.49. The van der Waals surface area contributed by atoms with E-state index in [1.165, 1.54) is 5.56 Å². The Bertz CT molecular complexity index is 594. The number of carbonyl (C=O) groups excluding carboxylic acids is 2. The molecular formula is C18H24N2O3. The number of nitrogens with zero attached hydrogens (tertiary/aromatic N) is 2. The van der Waals surface area contributed by atoms with Crippen LogP contribution in [0.5, 0.6) is 0 Å². The van der Waals surface area contributed by atoms with E-state index in [9.17, 15) is 9.59 Å². The molecule has 2 heterocycles. The van der Waals surface area contributed by atoms with Crippen molar-refractivity contribution in [2.45, 2.75) is 51.4 Å². The quantitative estimate of drug-likeness (QED) is 0.841. The first-order valence-corrected chi connectivity index (χ1v) is 8.14. The molecule has 5 nitrogen and oxygen atoms in total. The van der Waals surface area contributed by atoms with E-state index in [4.69, 9.17) is 4.74 Å². The summed E-state index contributed by atoms with van der Waals surface area (Å²) in [6.07, 6.45) is 0.0765. The summed E-state index contributed by atoms with van der Waals surface area (Å²) >= 11 is 0. The highest BCUT2D eigenvalue weighted by molar-refractivity contribution is 5.92. The lowest BCUT2D eigenvalue weighted by atomic mass is 10.1. The first-order valence-electron chi connectivity index (χ1n) is 8.14. The Balaban J connectivity index is 1.69. The fraction of sp³-hybridized carbons (Fsp3) is 0.556. The van der Waals surface area contributed by atoms with E-state index in [-0.39, 0.29) is 24.0 Å². The summed E-state index contributed by atoms with van der Waals surface area (Å²) in [5.41, 5.74) is 0.686. The number of amides is 1. The van der Waals surface area contributed by atoms with Crippen molar-refractivity contribution in [3.05, 3.63) is 35.9 Å². The third-order valence-electron chi connectivity index (χ3n) is 4.29. The molecule has 0 N–H and O–H groups in total. The molecule has 3 rings (SSSR count). The maximum absolute atomic E-state index is 12.4. The molecule has 0 radical (unpaired) electrons. The zero-order chi connectivity index (χ0) is 16.6. The van der Waals surface area contributed by atoms with Gasteiger partial charge in [-0.1, -0.05) is 30.3 Å². The molecule has 1 unspecified atom stereocenters. The van der Waals surface area contributed by atoms with Crippen LogP contribution in [0.3, 0.4) is 0 Å². The van der Waals surface area contributed by atoms with Crippen LogP contribution in [0, 0.1) is 0 Å². The fourth-order valence-corrected chi connectivity index (χ4v) is 3.40. The molecule has 2 aliphatic heterocycles. The largest absolute Gasteiger partial charge is 0.444 e. The smallest absolute Gasteiger partial charge is 0.411 e. The van der Waals surface area contributed by atoms with Crippen molar-refractivity contribution in [3.8, 4) is 0 Å². The van der Waals surface area contributed by atoms with E-state index in [1.807, 2.05) is 39.0 Å². The van der Waals surface area contributed by atoms with Gasteiger partial charge in [-0.25, -0.2) is 4.79 Å². The zero-order valence-corrected chi connectivity index (χ0v) is 14.0. The van der Waals surface area contributed by atoms with Crippen LogP contribution in [-0.2, 0) is 16.1 Å². The molecular weight excluding hydrogens is 292 g/mol. The van der Waals surface area contributed by atoms with E-state index >= 15 is 0 Å². The number of benzene rings is 1. The van der Waals surface area contributed by atoms with E-state index in [0.29, 0.717) is 13.0 Å². The van der Waals surface area contributed by atoms with Gasteiger partial charge in [-0.15, -0.1) is 0 Å². The van der Waals surface area contributed by atoms with Crippen LogP contribution < -0.4 is 0 Å². The van der Waals surface area contributed by atoms with Crippen LogP contribution in [0.2, 0.25) is 0 Å². The number of Topliss-reactive ketones (excluding diaryl/α,β-unsaturated/α-hetero) is 1. The lowest BCUT2D eigenvalue weighted by molar-refractivity contribution is -0.120. The predicted molar refractivity (Wildman–Crippen MR) is 87.0 cm³/mol. The van der Waals surface area contributed by atoms with Crippen molar-refractivity contribution in [2.75, 3.05) is 13.1 Å². The maximum Gasteiger partial charge on any atom is 0.411 e. The molecule has 1 aromatic rings. The summed E-state index contributed by atoms with van der Waals surface area (Å²) in [7, 11) is 0. The van der Waals surface area contributed by atoms with Gasteiger partial charge in [0.1, 0.15) is 11.6 Å². The minimum Gasteiger partial charge on any atom is -0.444 e. The van der Waals surface area contributed by atoms with Crippen molar-refractivity contribution >= 4 is 11.9 Å². The monoisotopic (exact) mass is 316 g/mol. The van der Waals surface area contributed by atoms with Gasteiger partial charge in [0.25, 0.3) is 0 Å². The van der Waals surface area contributed by atoms with Crippen molar-refractivity contribution in [1.29, 1.82) is 0 Å². The second-order valence-corrected chi connectivity index (χ2v) is 7.41. The van der Waals surface area contributed by atoms with Gasteiger partial charge in [0.2, 0.25) is 0 Å². The Kier molecular flexibility index (Phi) is 4.15. The Morgan fingerprint density at radius 3 is 2.52 bits per heavy atom. The van der Waals surface area contributed by atoms with Crippen LogP contribution in [0.15, 0.2) is 30.3 Å². The van der Waals surface area contributed by atoms with E-state index in [0.717, 1.165) is 13.1 Å². The molecule has 0 aromatic heterocycles. The molecule has 0 saturated carbocycles. The van der Waals surface area contributed by atoms with Crippen molar-refractivity contribution in [3.63, 3.8) is 0 Å². The van der Waals surface area contributed by atoms with Crippen LogP contribution >= 0.6 is 0 Å². The first kappa shape index (κ1) is 16.0. The molecule has 0 aliphatic carbocycles. The Labute approximate surface area is 137 Å². The minimum absolute atomic E-state index is 0.0696. The average molecular weight is 316 g/mol. The lowest BCUT2D eigenvalue weighted by Gasteiger charge is -2.40. The van der Waals surface area contributed by atoms with Gasteiger partial charge in [0.05, 0.1) is 6.04 Å². The van der Waals surface area contributed by atoms with Gasteiger partial charge in [-0.3, -0.25) is 14.6 Å². The molecule has 2 fully saturated rings. The first-order chi connectivity index (χ1) is 10.8. The van der Waals surface area contributed by atoms with Gasteiger partial charge in [0.15, 0.2) is 5.78 Å². The average Bonchev–Trinajstić information content (AvgIpc) is 2.65. The van der Waals surface area contributed by atoms with Gasteiger partial charge in [-0.2, -0.15) is 0 Å². The second-order valence-electron chi connectivity index (χ2n) is 7.41. The number of likely N-dealkylation sites (tertiary alicyclic amines) is 1. The molecule has 23 heavy (non-hydrogen) atoms. The number of ether oxygens (including phenoxy) is 1. The number of carbonyl (C=O) groups is 2. The molecule has 124 valence electrons. The minimum atomic E-state index is -0.541. The highest BCUT2D eigenvalue weighted by Crippen LogP contribution is 2.30. The van der Waals surface area contributed by atoms with Crippen LogP contribution in [0.4, 0.5) is 4.79 Å². The summed E-state index contributed by atoms with van der Waals surface area (Å²) in [4.78, 5) is 28.6. The normalized spacial score (nSPS) is 24.8. The molecule has 2 saturated heterocycles. The standard InChI is InChI=1S/C18H24N2O3/c1-18(2,3)23-17(22)20-14-9-16(21)15(20)12-19(11-14)10-13-7-5-4-6-8-13/h4-8,14-15H,9-12H2,1-3H3/t14-,15?/m1/s1. The van der Waals surface area contributed by atoms with Crippen molar-refractivity contribution in [1.82, 2.24) is 9.80 Å². The summed E-state index contributed by atoms with van der Waals surface area (Å²) in [6, 6.07) is 9.77. The van der Waals surface area contributed by atoms with Gasteiger partial charge in [0, 0.05) is 26.1 Å². The lowest BCUT2D eigenvalue weighted by Crippen LogP contribution is -2.57. The van der Waals surface area contributed by atoms with Gasteiger partial charge >= 0.3 is 6.09 Å². The van der Waals surface area contributed by atoms with Crippen LogP contribution in [-0.4, -0.2) is 52.5 Å². The molecule has 5 heteroatoms. The Morgan fingerprint density at radius 2 is 1.91 bits per heavy atom. The Hall–Kier alpha value is -1.88.